The molecule has 0 radical (unpaired) electrons. The summed E-state index contributed by atoms with van der Waals surface area (Å²) >= 11 is 0. The van der Waals surface area contributed by atoms with Crippen LogP contribution in [0.25, 0.3) is 0 Å². The molecule has 2 atom stereocenters. The predicted molar refractivity (Wildman–Crippen MR) is 53.9 cm³/mol. The summed E-state index contributed by atoms with van der Waals surface area (Å²) in [6.45, 7) is 2.14. The van der Waals surface area contributed by atoms with E-state index in [1.165, 1.54) is 0 Å². The third-order valence-electron chi connectivity index (χ3n) is 2.05. The summed E-state index contributed by atoms with van der Waals surface area (Å²) in [5, 5.41) is 18.8. The largest absolute Gasteiger partial charge is 0.394 e. The summed E-state index contributed by atoms with van der Waals surface area (Å²) < 4.78 is 5.21. The molecule has 1 rings (SSSR count). The molecule has 0 bridgehead atoms. The maximum absolute atomic E-state index is 9.83. The Hall–Kier alpha value is -0.900. The standard InChI is InChI=1S/C11H16O3/c1-2-14-10(8-12)11(13)9-6-4-3-5-7-9/h3-7,10-13H,2,8H2,1H3/t10-,11-/m1/s1. The predicted octanol–water partition coefficient (Wildman–Crippen LogP) is 1.12. The van der Waals surface area contributed by atoms with Gasteiger partial charge in [0.05, 0.1) is 6.61 Å². The van der Waals surface area contributed by atoms with Gasteiger partial charge in [-0.05, 0) is 12.5 Å². The fourth-order valence-corrected chi connectivity index (χ4v) is 1.32. The van der Waals surface area contributed by atoms with Gasteiger partial charge in [-0.15, -0.1) is 0 Å². The summed E-state index contributed by atoms with van der Waals surface area (Å²) in [6, 6.07) is 9.20. The quantitative estimate of drug-likeness (QED) is 0.742. The topological polar surface area (TPSA) is 49.7 Å². The lowest BCUT2D eigenvalue weighted by atomic mass is 10.1. The van der Waals surface area contributed by atoms with Crippen LogP contribution in [-0.2, 0) is 4.74 Å². The average molecular weight is 196 g/mol. The van der Waals surface area contributed by atoms with Crippen LogP contribution in [0.15, 0.2) is 30.3 Å². The van der Waals surface area contributed by atoms with Gasteiger partial charge in [0.25, 0.3) is 0 Å². The molecule has 0 heterocycles. The van der Waals surface area contributed by atoms with Crippen molar-refractivity contribution in [3.63, 3.8) is 0 Å². The molecular formula is C11H16O3. The minimum Gasteiger partial charge on any atom is -0.394 e. The Kier molecular flexibility index (Phi) is 4.59. The first-order valence-electron chi connectivity index (χ1n) is 4.75. The van der Waals surface area contributed by atoms with Crippen molar-refractivity contribution in [1.82, 2.24) is 0 Å². The number of hydrogen-bond donors (Lipinski definition) is 2. The summed E-state index contributed by atoms with van der Waals surface area (Å²) in [6.07, 6.45) is -1.30. The summed E-state index contributed by atoms with van der Waals surface area (Å²) in [5.41, 5.74) is 0.764. The first-order chi connectivity index (χ1) is 6.79. The smallest absolute Gasteiger partial charge is 0.111 e. The normalized spacial score (nSPS) is 15.1. The van der Waals surface area contributed by atoms with E-state index in [1.54, 1.807) is 0 Å². The Labute approximate surface area is 84.0 Å². The Morgan fingerprint density at radius 1 is 1.29 bits per heavy atom. The van der Waals surface area contributed by atoms with E-state index in [-0.39, 0.29) is 6.61 Å². The third kappa shape index (κ3) is 2.80. The highest BCUT2D eigenvalue weighted by Gasteiger charge is 2.19. The highest BCUT2D eigenvalue weighted by atomic mass is 16.5. The van der Waals surface area contributed by atoms with E-state index in [4.69, 9.17) is 9.84 Å². The van der Waals surface area contributed by atoms with Crippen molar-refractivity contribution in [2.24, 2.45) is 0 Å². The van der Waals surface area contributed by atoms with Crippen molar-refractivity contribution in [3.8, 4) is 0 Å². The summed E-state index contributed by atoms with van der Waals surface area (Å²) in [4.78, 5) is 0. The zero-order chi connectivity index (χ0) is 10.4. The van der Waals surface area contributed by atoms with Crippen LogP contribution in [0, 0.1) is 0 Å². The third-order valence-corrected chi connectivity index (χ3v) is 2.05. The van der Waals surface area contributed by atoms with Gasteiger partial charge in [0.15, 0.2) is 0 Å². The molecule has 0 fully saturated rings. The van der Waals surface area contributed by atoms with E-state index in [9.17, 15) is 5.11 Å². The molecule has 0 aliphatic rings. The zero-order valence-electron chi connectivity index (χ0n) is 8.26. The highest BCUT2D eigenvalue weighted by Crippen LogP contribution is 2.18. The van der Waals surface area contributed by atoms with Gasteiger partial charge in [-0.2, -0.15) is 0 Å². The number of rotatable bonds is 5. The lowest BCUT2D eigenvalue weighted by Crippen LogP contribution is -2.26. The van der Waals surface area contributed by atoms with Gasteiger partial charge in [0.2, 0.25) is 0 Å². The molecule has 0 aliphatic carbocycles. The second-order valence-corrected chi connectivity index (χ2v) is 3.03. The van der Waals surface area contributed by atoms with Gasteiger partial charge in [0.1, 0.15) is 12.2 Å². The monoisotopic (exact) mass is 196 g/mol. The minimum absolute atomic E-state index is 0.177. The van der Waals surface area contributed by atoms with Gasteiger partial charge in [-0.1, -0.05) is 30.3 Å². The SMILES string of the molecule is CCO[C@H](CO)[C@H](O)c1ccccc1. The maximum atomic E-state index is 9.83. The Balaban J connectivity index is 2.67. The highest BCUT2D eigenvalue weighted by molar-refractivity contribution is 5.18. The first kappa shape index (κ1) is 11.2. The summed E-state index contributed by atoms with van der Waals surface area (Å²) in [5.74, 6) is 0. The molecule has 0 saturated carbocycles. The van der Waals surface area contributed by atoms with Crippen molar-refractivity contribution in [1.29, 1.82) is 0 Å². The van der Waals surface area contributed by atoms with Crippen LogP contribution in [0.5, 0.6) is 0 Å². The number of hydrogen-bond acceptors (Lipinski definition) is 3. The van der Waals surface area contributed by atoms with Gasteiger partial charge in [-0.25, -0.2) is 0 Å². The molecule has 14 heavy (non-hydrogen) atoms. The van der Waals surface area contributed by atoms with Crippen molar-refractivity contribution < 1.29 is 14.9 Å². The molecule has 0 spiro atoms. The van der Waals surface area contributed by atoms with E-state index in [2.05, 4.69) is 0 Å². The Morgan fingerprint density at radius 2 is 1.93 bits per heavy atom. The van der Waals surface area contributed by atoms with E-state index >= 15 is 0 Å². The van der Waals surface area contributed by atoms with Crippen molar-refractivity contribution in [2.45, 2.75) is 19.1 Å². The van der Waals surface area contributed by atoms with E-state index in [0.29, 0.717) is 6.61 Å². The zero-order valence-corrected chi connectivity index (χ0v) is 8.26. The van der Waals surface area contributed by atoms with E-state index < -0.39 is 12.2 Å². The lowest BCUT2D eigenvalue weighted by molar-refractivity contribution is -0.0605. The molecule has 3 heteroatoms. The Bertz CT molecular complexity index is 248. The van der Waals surface area contributed by atoms with Crippen LogP contribution in [0.2, 0.25) is 0 Å². The molecule has 0 amide bonds. The Morgan fingerprint density at radius 3 is 2.43 bits per heavy atom. The van der Waals surface area contributed by atoms with E-state index in [1.807, 2.05) is 37.3 Å². The van der Waals surface area contributed by atoms with E-state index in [0.717, 1.165) is 5.56 Å². The molecule has 1 aromatic carbocycles. The second-order valence-electron chi connectivity index (χ2n) is 3.03. The van der Waals surface area contributed by atoms with Crippen LogP contribution in [-0.4, -0.2) is 29.5 Å². The van der Waals surface area contributed by atoms with Gasteiger partial charge < -0.3 is 14.9 Å². The molecule has 78 valence electrons. The van der Waals surface area contributed by atoms with Crippen LogP contribution in [0.3, 0.4) is 0 Å². The van der Waals surface area contributed by atoms with Gasteiger partial charge in [-0.3, -0.25) is 0 Å². The molecule has 0 unspecified atom stereocenters. The molecule has 3 nitrogen and oxygen atoms in total. The number of benzene rings is 1. The van der Waals surface area contributed by atoms with Crippen molar-refractivity contribution >= 4 is 0 Å². The fourth-order valence-electron chi connectivity index (χ4n) is 1.32. The van der Waals surface area contributed by atoms with Gasteiger partial charge >= 0.3 is 0 Å². The molecule has 1 aromatic rings. The van der Waals surface area contributed by atoms with Crippen LogP contribution < -0.4 is 0 Å². The number of aliphatic hydroxyl groups is 2. The van der Waals surface area contributed by atoms with Crippen LogP contribution in [0.1, 0.15) is 18.6 Å². The molecule has 0 aromatic heterocycles. The van der Waals surface area contributed by atoms with Crippen molar-refractivity contribution in [3.05, 3.63) is 35.9 Å². The minimum atomic E-state index is -0.763. The van der Waals surface area contributed by atoms with Crippen molar-refractivity contribution in [2.75, 3.05) is 13.2 Å². The van der Waals surface area contributed by atoms with Crippen LogP contribution >= 0.6 is 0 Å². The molecule has 0 saturated heterocycles. The fraction of sp³-hybridized carbons (Fsp3) is 0.455. The maximum Gasteiger partial charge on any atom is 0.111 e. The molecular weight excluding hydrogens is 180 g/mol. The average Bonchev–Trinajstić information content (AvgIpc) is 2.26. The van der Waals surface area contributed by atoms with Crippen LogP contribution in [0.4, 0.5) is 0 Å². The number of ether oxygens (including phenoxy) is 1. The molecule has 0 aliphatic heterocycles. The van der Waals surface area contributed by atoms with Gasteiger partial charge in [0, 0.05) is 6.61 Å². The lowest BCUT2D eigenvalue weighted by Gasteiger charge is -2.20. The second kappa shape index (κ2) is 5.75. The first-order valence-corrected chi connectivity index (χ1v) is 4.75. The number of aliphatic hydroxyl groups excluding tert-OH is 2. The molecule has 2 N–H and O–H groups in total. The summed E-state index contributed by atoms with van der Waals surface area (Å²) in [7, 11) is 0.